The molecule has 1 aromatic heterocycles. The summed E-state index contributed by atoms with van der Waals surface area (Å²) in [5.74, 6) is -2.08. The molecule has 1 aliphatic rings. The summed E-state index contributed by atoms with van der Waals surface area (Å²) < 4.78 is 39.4. The first-order valence-corrected chi connectivity index (χ1v) is 10.6. The molecule has 12 heteroatoms. The molecule has 2 heterocycles. The Morgan fingerprint density at radius 3 is 2.68 bits per heavy atom. The average Bonchev–Trinajstić information content (AvgIpc) is 3.07. The van der Waals surface area contributed by atoms with E-state index >= 15 is 0 Å². The highest BCUT2D eigenvalue weighted by atomic mass is 19.3. The maximum atomic E-state index is 14.9. The normalized spacial score (nSPS) is 15.6. The predicted molar refractivity (Wildman–Crippen MR) is 118 cm³/mol. The number of amides is 2. The summed E-state index contributed by atoms with van der Waals surface area (Å²) >= 11 is 0. The Balaban J connectivity index is 1.59. The second-order valence-electron chi connectivity index (χ2n) is 7.63. The van der Waals surface area contributed by atoms with E-state index in [9.17, 15) is 27.9 Å². The van der Waals surface area contributed by atoms with E-state index in [1.54, 1.807) is 12.4 Å². The topological polar surface area (TPSA) is 98.2 Å². The van der Waals surface area contributed by atoms with E-state index in [2.05, 4.69) is 4.98 Å². The van der Waals surface area contributed by atoms with Gasteiger partial charge in [0.25, 0.3) is 5.91 Å². The van der Waals surface area contributed by atoms with E-state index in [4.69, 9.17) is 4.84 Å². The number of carbonyl (C=O) groups excluding carboxylic acids is 2. The predicted octanol–water partition coefficient (Wildman–Crippen LogP) is 1.18. The molecule has 0 radical (unpaired) electrons. The monoisotopic (exact) mass is 481 g/mol. The number of alkyl halides is 2. The van der Waals surface area contributed by atoms with Gasteiger partial charge in [0.15, 0.2) is 0 Å². The summed E-state index contributed by atoms with van der Waals surface area (Å²) in [5.41, 5.74) is 1.57. The molecule has 1 aliphatic heterocycles. The van der Waals surface area contributed by atoms with Gasteiger partial charge in [-0.05, 0) is 35.9 Å². The molecule has 184 valence electrons. The van der Waals surface area contributed by atoms with Gasteiger partial charge in [0.1, 0.15) is 5.82 Å². The maximum Gasteiger partial charge on any atom is 0.315 e. The van der Waals surface area contributed by atoms with Gasteiger partial charge in [0, 0.05) is 50.8 Å². The number of anilines is 2. The lowest BCUT2D eigenvalue weighted by Gasteiger charge is -2.25. The lowest BCUT2D eigenvalue weighted by atomic mass is 10.2. The minimum absolute atomic E-state index is 0.181. The minimum atomic E-state index is -3.21. The van der Waals surface area contributed by atoms with Gasteiger partial charge >= 0.3 is 6.43 Å². The van der Waals surface area contributed by atoms with E-state index < -0.39 is 30.8 Å². The van der Waals surface area contributed by atoms with Crippen molar-refractivity contribution in [2.24, 2.45) is 0 Å². The van der Waals surface area contributed by atoms with Crippen LogP contribution in [0.25, 0.3) is 0 Å². The van der Waals surface area contributed by atoms with Gasteiger partial charge in [-0.2, -0.15) is 13.8 Å². The standard InChI is InChI=1S/C22H26F3N5O4/c23-19-11-17(29(15-31)14-18(32)12-27-22(33)21(24)25)1-2-20(19)28-7-8-30(34-10-9-28)13-16-3-5-26-6-4-16/h1-6,11,15,18,21,32H,7-10,12-14H2,(H,27,33)/t18-/m0/s1. The number of hydrogen-bond donors (Lipinski definition) is 2. The van der Waals surface area contributed by atoms with Gasteiger partial charge in [0.05, 0.1) is 24.9 Å². The summed E-state index contributed by atoms with van der Waals surface area (Å²) in [6.07, 6.45) is -0.717. The largest absolute Gasteiger partial charge is 0.389 e. The van der Waals surface area contributed by atoms with Crippen LogP contribution < -0.4 is 15.1 Å². The van der Waals surface area contributed by atoms with Crippen molar-refractivity contribution >= 4 is 23.7 Å². The van der Waals surface area contributed by atoms with Crippen molar-refractivity contribution in [3.8, 4) is 0 Å². The van der Waals surface area contributed by atoms with E-state index in [0.717, 1.165) is 16.5 Å². The Morgan fingerprint density at radius 1 is 1.24 bits per heavy atom. The van der Waals surface area contributed by atoms with Crippen molar-refractivity contribution < 1.29 is 32.7 Å². The molecule has 0 spiro atoms. The molecule has 1 atom stereocenters. The third-order valence-corrected chi connectivity index (χ3v) is 5.21. The Kier molecular flexibility index (Phi) is 9.19. The fourth-order valence-corrected chi connectivity index (χ4v) is 3.47. The molecule has 0 aliphatic carbocycles. The number of hydrogen-bond acceptors (Lipinski definition) is 7. The second-order valence-corrected chi connectivity index (χ2v) is 7.63. The van der Waals surface area contributed by atoms with Crippen LogP contribution in [0, 0.1) is 5.82 Å². The average molecular weight is 481 g/mol. The number of carbonyl (C=O) groups is 2. The molecule has 1 aromatic carbocycles. The number of aromatic nitrogens is 1. The molecular weight excluding hydrogens is 455 g/mol. The van der Waals surface area contributed by atoms with Crippen LogP contribution in [0.4, 0.5) is 24.5 Å². The van der Waals surface area contributed by atoms with Crippen molar-refractivity contribution in [3.63, 3.8) is 0 Å². The molecule has 0 unspecified atom stereocenters. The summed E-state index contributed by atoms with van der Waals surface area (Å²) in [6, 6.07) is 8.01. The number of hydroxylamine groups is 2. The first kappa shape index (κ1) is 25.4. The van der Waals surface area contributed by atoms with Crippen LogP contribution in [0.5, 0.6) is 0 Å². The van der Waals surface area contributed by atoms with E-state index in [1.807, 2.05) is 27.4 Å². The highest BCUT2D eigenvalue weighted by Gasteiger charge is 2.21. The number of rotatable bonds is 10. The fraction of sp³-hybridized carbons (Fsp3) is 0.409. The highest BCUT2D eigenvalue weighted by molar-refractivity contribution is 5.79. The van der Waals surface area contributed by atoms with Gasteiger partial charge < -0.3 is 20.2 Å². The fourth-order valence-electron chi connectivity index (χ4n) is 3.47. The SMILES string of the molecule is O=CN(C[C@@H](O)CNC(=O)C(F)F)c1ccc(N2CCON(Cc3ccncc3)CC2)c(F)c1. The van der Waals surface area contributed by atoms with Crippen molar-refractivity contribution in [1.82, 2.24) is 15.4 Å². The van der Waals surface area contributed by atoms with Gasteiger partial charge in [-0.25, -0.2) is 4.39 Å². The Hall–Kier alpha value is -3.22. The van der Waals surface area contributed by atoms with Crippen LogP contribution in [0.15, 0.2) is 42.7 Å². The number of nitrogens with zero attached hydrogens (tertiary/aromatic N) is 4. The van der Waals surface area contributed by atoms with Crippen molar-refractivity contribution in [2.45, 2.75) is 19.1 Å². The van der Waals surface area contributed by atoms with Crippen LogP contribution in [-0.4, -0.2) is 79.3 Å². The lowest BCUT2D eigenvalue weighted by molar-refractivity contribution is -0.154. The van der Waals surface area contributed by atoms with Crippen LogP contribution in [0.2, 0.25) is 0 Å². The zero-order valence-electron chi connectivity index (χ0n) is 18.3. The highest BCUT2D eigenvalue weighted by Crippen LogP contribution is 2.25. The van der Waals surface area contributed by atoms with Crippen molar-refractivity contribution in [2.75, 3.05) is 49.1 Å². The molecule has 3 rings (SSSR count). The van der Waals surface area contributed by atoms with E-state index in [0.29, 0.717) is 44.9 Å². The van der Waals surface area contributed by atoms with E-state index in [-0.39, 0.29) is 12.2 Å². The van der Waals surface area contributed by atoms with E-state index in [1.165, 1.54) is 12.1 Å². The van der Waals surface area contributed by atoms with Crippen LogP contribution in [0.1, 0.15) is 5.56 Å². The third kappa shape index (κ3) is 7.14. The summed E-state index contributed by atoms with van der Waals surface area (Å²) in [6.45, 7) is 1.67. The van der Waals surface area contributed by atoms with Gasteiger partial charge in [-0.1, -0.05) is 0 Å². The molecule has 9 nitrogen and oxygen atoms in total. The number of pyridine rings is 1. The Morgan fingerprint density at radius 2 is 2.00 bits per heavy atom. The number of aliphatic hydroxyl groups excluding tert-OH is 1. The summed E-state index contributed by atoms with van der Waals surface area (Å²) in [4.78, 5) is 35.0. The molecule has 0 bridgehead atoms. The van der Waals surface area contributed by atoms with Gasteiger partial charge in [-0.15, -0.1) is 0 Å². The van der Waals surface area contributed by atoms with Crippen LogP contribution in [0.3, 0.4) is 0 Å². The molecule has 34 heavy (non-hydrogen) atoms. The number of benzene rings is 1. The minimum Gasteiger partial charge on any atom is -0.389 e. The molecule has 2 aromatic rings. The Labute approximate surface area is 194 Å². The first-order valence-electron chi connectivity index (χ1n) is 10.6. The molecule has 2 amide bonds. The summed E-state index contributed by atoms with van der Waals surface area (Å²) in [7, 11) is 0. The second kappa shape index (κ2) is 12.3. The molecule has 1 saturated heterocycles. The van der Waals surface area contributed by atoms with Crippen molar-refractivity contribution in [3.05, 3.63) is 54.1 Å². The zero-order valence-corrected chi connectivity index (χ0v) is 18.3. The summed E-state index contributed by atoms with van der Waals surface area (Å²) in [5, 5.41) is 13.6. The first-order chi connectivity index (χ1) is 16.4. The van der Waals surface area contributed by atoms with Gasteiger partial charge in [-0.3, -0.25) is 19.4 Å². The van der Waals surface area contributed by atoms with Crippen LogP contribution >= 0.6 is 0 Å². The number of halogens is 3. The van der Waals surface area contributed by atoms with Gasteiger partial charge in [0.2, 0.25) is 6.41 Å². The third-order valence-electron chi connectivity index (χ3n) is 5.21. The maximum absolute atomic E-state index is 14.9. The molecule has 2 N–H and O–H groups in total. The number of aliphatic hydroxyl groups is 1. The molecule has 0 saturated carbocycles. The number of nitrogens with one attached hydrogen (secondary N) is 1. The lowest BCUT2D eigenvalue weighted by Crippen LogP contribution is -2.41. The zero-order chi connectivity index (χ0) is 24.5. The van der Waals surface area contributed by atoms with Crippen molar-refractivity contribution in [1.29, 1.82) is 0 Å². The molecular formula is C22H26F3N5O4. The Bertz CT molecular complexity index is 953. The molecule has 1 fully saturated rings. The smallest absolute Gasteiger partial charge is 0.315 e. The quantitative estimate of drug-likeness (QED) is 0.492. The van der Waals surface area contributed by atoms with Crippen LogP contribution in [-0.2, 0) is 21.0 Å².